The van der Waals surface area contributed by atoms with Gasteiger partial charge >= 0.3 is 17.9 Å². The Bertz CT molecular complexity index is 962. The van der Waals surface area contributed by atoms with Crippen molar-refractivity contribution in [2.75, 3.05) is 5.32 Å². The van der Waals surface area contributed by atoms with Crippen molar-refractivity contribution in [3.8, 4) is 5.75 Å². The van der Waals surface area contributed by atoms with Crippen molar-refractivity contribution in [1.29, 1.82) is 0 Å². The second-order valence-electron chi connectivity index (χ2n) is 8.61. The lowest BCUT2D eigenvalue weighted by molar-refractivity contribution is -0.171. The second-order valence-corrected chi connectivity index (χ2v) is 8.61. The van der Waals surface area contributed by atoms with E-state index in [0.29, 0.717) is 19.3 Å². The first-order chi connectivity index (χ1) is 16.5. The fourth-order valence-electron chi connectivity index (χ4n) is 3.91. The molecule has 192 valence electrons. The third kappa shape index (κ3) is 6.71. The molecule has 1 aliphatic heterocycles. The Labute approximate surface area is 203 Å². The average Bonchev–Trinajstić information content (AvgIpc) is 2.79. The van der Waals surface area contributed by atoms with E-state index in [9.17, 15) is 29.1 Å². The molecule has 0 aliphatic carbocycles. The van der Waals surface area contributed by atoms with Crippen LogP contribution in [0.4, 0.5) is 5.69 Å². The van der Waals surface area contributed by atoms with Crippen LogP contribution >= 0.6 is 0 Å². The Balaban J connectivity index is 2.37. The summed E-state index contributed by atoms with van der Waals surface area (Å²) < 4.78 is 16.3. The third-order valence-corrected chi connectivity index (χ3v) is 5.57. The van der Waals surface area contributed by atoms with Gasteiger partial charge in [-0.25, -0.2) is 4.79 Å². The molecule has 1 saturated heterocycles. The van der Waals surface area contributed by atoms with E-state index in [0.717, 1.165) is 0 Å². The first-order valence-electron chi connectivity index (χ1n) is 11.5. The Hall–Kier alpha value is -3.63. The van der Waals surface area contributed by atoms with E-state index in [1.807, 2.05) is 6.92 Å². The number of aromatic hydroxyl groups is 1. The standard InChI is InChI=1S/C24H32N2O9/c1-6-8-15-18(23(31)33-12(2)3)13(4)34-24(32)19(14(5)35-22(15)30)26-21(29)16-9-7-10-17(20(16)28)25-11-27/h7,9-15,18-19,28H,6,8H2,1-5H3,(H,25,27)(H,26,29)/t13-,14+,15+,18-,19-/m0/s1. The second kappa shape index (κ2) is 12.2. The number of cyclic esters (lactones) is 2. The molecule has 0 aromatic heterocycles. The van der Waals surface area contributed by atoms with Crippen molar-refractivity contribution in [1.82, 2.24) is 5.32 Å². The zero-order valence-corrected chi connectivity index (χ0v) is 20.4. The molecule has 0 saturated carbocycles. The molecule has 0 radical (unpaired) electrons. The van der Waals surface area contributed by atoms with E-state index in [1.54, 1.807) is 13.8 Å². The number of carbonyl (C=O) groups excluding carboxylic acids is 5. The lowest BCUT2D eigenvalue weighted by Crippen LogP contribution is -2.50. The van der Waals surface area contributed by atoms with Gasteiger partial charge < -0.3 is 30.0 Å². The van der Waals surface area contributed by atoms with Crippen LogP contribution < -0.4 is 10.6 Å². The van der Waals surface area contributed by atoms with Gasteiger partial charge in [-0.2, -0.15) is 0 Å². The summed E-state index contributed by atoms with van der Waals surface area (Å²) in [6.07, 6.45) is -1.44. The van der Waals surface area contributed by atoms with Crippen LogP contribution in [-0.2, 0) is 33.4 Å². The first kappa shape index (κ1) is 27.6. The van der Waals surface area contributed by atoms with Gasteiger partial charge in [0.1, 0.15) is 18.1 Å². The Morgan fingerprint density at radius 3 is 2.40 bits per heavy atom. The molecule has 1 aliphatic rings. The highest BCUT2D eigenvalue weighted by Gasteiger charge is 2.45. The van der Waals surface area contributed by atoms with E-state index in [2.05, 4.69) is 10.6 Å². The number of benzene rings is 1. The van der Waals surface area contributed by atoms with Crippen molar-refractivity contribution in [2.24, 2.45) is 11.8 Å². The largest absolute Gasteiger partial charge is 0.505 e. The number of carbonyl (C=O) groups is 5. The van der Waals surface area contributed by atoms with Crippen molar-refractivity contribution in [3.63, 3.8) is 0 Å². The lowest BCUT2D eigenvalue weighted by atomic mass is 9.84. The van der Waals surface area contributed by atoms with E-state index in [1.165, 1.54) is 32.0 Å². The minimum Gasteiger partial charge on any atom is -0.505 e. The predicted molar refractivity (Wildman–Crippen MR) is 123 cm³/mol. The van der Waals surface area contributed by atoms with Crippen LogP contribution in [0.25, 0.3) is 0 Å². The average molecular weight is 493 g/mol. The number of phenolic OH excluding ortho intramolecular Hbond substituents is 1. The summed E-state index contributed by atoms with van der Waals surface area (Å²) in [5, 5.41) is 15.0. The fraction of sp³-hybridized carbons (Fsp3) is 0.542. The van der Waals surface area contributed by atoms with Gasteiger partial charge in [0, 0.05) is 0 Å². The van der Waals surface area contributed by atoms with Crippen LogP contribution in [0.5, 0.6) is 5.75 Å². The number of ether oxygens (including phenoxy) is 3. The molecular formula is C24H32N2O9. The van der Waals surface area contributed by atoms with E-state index < -0.39 is 65.8 Å². The maximum Gasteiger partial charge on any atom is 0.332 e. The highest BCUT2D eigenvalue weighted by Crippen LogP contribution is 2.30. The topological polar surface area (TPSA) is 157 Å². The zero-order chi connectivity index (χ0) is 26.3. The maximum absolute atomic E-state index is 13.1. The van der Waals surface area contributed by atoms with Gasteiger partial charge in [-0.3, -0.25) is 19.2 Å². The van der Waals surface area contributed by atoms with Crippen LogP contribution in [-0.4, -0.2) is 59.7 Å². The molecule has 1 fully saturated rings. The molecule has 2 amide bonds. The zero-order valence-electron chi connectivity index (χ0n) is 20.4. The summed E-state index contributed by atoms with van der Waals surface area (Å²) in [4.78, 5) is 62.5. The van der Waals surface area contributed by atoms with E-state index in [4.69, 9.17) is 14.2 Å². The van der Waals surface area contributed by atoms with Gasteiger partial charge in [-0.1, -0.05) is 19.4 Å². The normalized spacial score (nSPS) is 24.8. The molecule has 5 atom stereocenters. The number of nitrogens with one attached hydrogen (secondary N) is 2. The van der Waals surface area contributed by atoms with Crippen molar-refractivity contribution in [3.05, 3.63) is 23.8 Å². The Kier molecular flexibility index (Phi) is 9.61. The number of anilines is 1. The van der Waals surface area contributed by atoms with E-state index in [-0.39, 0.29) is 11.3 Å². The molecule has 11 nitrogen and oxygen atoms in total. The first-order valence-corrected chi connectivity index (χ1v) is 11.5. The highest BCUT2D eigenvalue weighted by molar-refractivity contribution is 6.01. The van der Waals surface area contributed by atoms with Gasteiger partial charge in [0.2, 0.25) is 6.41 Å². The fourth-order valence-corrected chi connectivity index (χ4v) is 3.91. The number of hydrogen-bond donors (Lipinski definition) is 3. The molecule has 0 bridgehead atoms. The van der Waals surface area contributed by atoms with Crippen LogP contribution in [0.3, 0.4) is 0 Å². The number of rotatable bonds is 8. The Morgan fingerprint density at radius 1 is 1.14 bits per heavy atom. The summed E-state index contributed by atoms with van der Waals surface area (Å²) in [6, 6.07) is 2.66. The molecule has 1 aromatic rings. The summed E-state index contributed by atoms with van der Waals surface area (Å²) in [5.41, 5.74) is -0.231. The number of para-hydroxylation sites is 1. The minimum absolute atomic E-state index is 0.00768. The maximum atomic E-state index is 13.1. The van der Waals surface area contributed by atoms with Crippen molar-refractivity contribution in [2.45, 2.75) is 71.8 Å². The predicted octanol–water partition coefficient (Wildman–Crippen LogP) is 1.92. The molecule has 2 rings (SSSR count). The number of phenols is 1. The smallest absolute Gasteiger partial charge is 0.332 e. The molecule has 1 heterocycles. The lowest BCUT2D eigenvalue weighted by Gasteiger charge is -2.28. The van der Waals surface area contributed by atoms with Crippen LogP contribution in [0.2, 0.25) is 0 Å². The third-order valence-electron chi connectivity index (χ3n) is 5.57. The molecule has 0 spiro atoms. The monoisotopic (exact) mass is 492 g/mol. The van der Waals surface area contributed by atoms with Gasteiger partial charge in [-0.05, 0) is 46.2 Å². The molecule has 11 heteroatoms. The molecular weight excluding hydrogens is 460 g/mol. The van der Waals surface area contributed by atoms with Crippen molar-refractivity contribution >= 4 is 35.9 Å². The summed E-state index contributed by atoms with van der Waals surface area (Å²) in [7, 11) is 0. The van der Waals surface area contributed by atoms with E-state index >= 15 is 0 Å². The quantitative estimate of drug-likeness (QED) is 0.213. The SMILES string of the molecule is CCC[C@H]1C(=O)O[C@H](C)[C@H](NC(=O)c2cccc(NC=O)c2O)C(=O)O[C@@H](C)[C@@H]1C(=O)OC(C)C. The minimum atomic E-state index is -1.43. The number of amides is 2. The van der Waals surface area contributed by atoms with Gasteiger partial charge in [0.25, 0.3) is 5.91 Å². The number of hydrogen-bond acceptors (Lipinski definition) is 9. The van der Waals surface area contributed by atoms with Crippen LogP contribution in [0.1, 0.15) is 57.8 Å². The van der Waals surface area contributed by atoms with Crippen molar-refractivity contribution < 1.29 is 43.3 Å². The molecule has 3 N–H and O–H groups in total. The number of esters is 3. The van der Waals surface area contributed by atoms with Gasteiger partial charge in [-0.15, -0.1) is 0 Å². The van der Waals surface area contributed by atoms with Crippen LogP contribution in [0.15, 0.2) is 18.2 Å². The summed E-state index contributed by atoms with van der Waals surface area (Å²) in [6.45, 7) is 8.07. The van der Waals surface area contributed by atoms with Crippen LogP contribution in [0, 0.1) is 11.8 Å². The molecule has 35 heavy (non-hydrogen) atoms. The van der Waals surface area contributed by atoms with Gasteiger partial charge in [0.15, 0.2) is 11.8 Å². The Morgan fingerprint density at radius 2 is 1.80 bits per heavy atom. The summed E-state index contributed by atoms with van der Waals surface area (Å²) >= 11 is 0. The van der Waals surface area contributed by atoms with Gasteiger partial charge in [0.05, 0.1) is 23.3 Å². The molecule has 1 aromatic carbocycles. The highest BCUT2D eigenvalue weighted by atomic mass is 16.6. The molecule has 0 unspecified atom stereocenters. The summed E-state index contributed by atoms with van der Waals surface area (Å²) in [5.74, 6) is -5.70.